The molecular weight excluding hydrogens is 328 g/mol. The van der Waals surface area contributed by atoms with E-state index in [0.717, 1.165) is 35.6 Å². The van der Waals surface area contributed by atoms with Gasteiger partial charge in [-0.1, -0.05) is 6.92 Å². The van der Waals surface area contributed by atoms with Crippen molar-refractivity contribution in [3.63, 3.8) is 0 Å². The van der Waals surface area contributed by atoms with Crippen molar-refractivity contribution >= 4 is 27.7 Å². The number of halogens is 1. The fourth-order valence-electron chi connectivity index (χ4n) is 5.68. The minimum Gasteiger partial charge on any atom is -0.310 e. The Bertz CT molecular complexity index is 569. The lowest BCUT2D eigenvalue weighted by molar-refractivity contribution is -0.149. The summed E-state index contributed by atoms with van der Waals surface area (Å²) in [4.78, 5) is 17.2. The molecule has 0 aromatic carbocycles. The molecule has 2 atom stereocenters. The van der Waals surface area contributed by atoms with Gasteiger partial charge in [0, 0.05) is 10.7 Å². The van der Waals surface area contributed by atoms with E-state index in [1.54, 1.807) is 6.20 Å². The predicted octanol–water partition coefficient (Wildman–Crippen LogP) is 4.39. The standard InChI is InChI=1S/C17H21BrN2O/c1-16-5-11-4-12(6-16)8-17(7-11,10-16)15(21)20-14-3-2-13(18)9-19-14/h2-3,9,11-12H,4-8,10H2,1H3,(H,19,20,21). The second-order valence-corrected chi connectivity index (χ2v) is 8.78. The van der Waals surface area contributed by atoms with Crippen LogP contribution in [0, 0.1) is 22.7 Å². The van der Waals surface area contributed by atoms with Crippen molar-refractivity contribution < 1.29 is 4.79 Å². The fourth-order valence-corrected chi connectivity index (χ4v) is 5.92. The van der Waals surface area contributed by atoms with Crippen molar-refractivity contribution in [2.24, 2.45) is 22.7 Å². The summed E-state index contributed by atoms with van der Waals surface area (Å²) in [7, 11) is 0. The van der Waals surface area contributed by atoms with Crippen molar-refractivity contribution in [2.45, 2.75) is 45.4 Å². The number of amides is 1. The van der Waals surface area contributed by atoms with E-state index in [4.69, 9.17) is 0 Å². The molecule has 112 valence electrons. The van der Waals surface area contributed by atoms with E-state index >= 15 is 0 Å². The van der Waals surface area contributed by atoms with Crippen LogP contribution >= 0.6 is 15.9 Å². The van der Waals surface area contributed by atoms with Gasteiger partial charge in [0.15, 0.2) is 0 Å². The molecule has 0 spiro atoms. The van der Waals surface area contributed by atoms with Crippen LogP contribution in [-0.2, 0) is 4.79 Å². The van der Waals surface area contributed by atoms with Gasteiger partial charge in [0.05, 0.1) is 5.41 Å². The molecule has 0 aliphatic heterocycles. The van der Waals surface area contributed by atoms with E-state index in [1.807, 2.05) is 12.1 Å². The maximum atomic E-state index is 12.9. The van der Waals surface area contributed by atoms with E-state index in [0.29, 0.717) is 11.2 Å². The average Bonchev–Trinajstić information content (AvgIpc) is 2.38. The number of hydrogen-bond donors (Lipinski definition) is 1. The molecule has 0 saturated heterocycles. The lowest BCUT2D eigenvalue weighted by Crippen LogP contribution is -2.55. The summed E-state index contributed by atoms with van der Waals surface area (Å²) in [5, 5.41) is 3.07. The minimum atomic E-state index is -0.131. The summed E-state index contributed by atoms with van der Waals surface area (Å²) in [6, 6.07) is 3.79. The van der Waals surface area contributed by atoms with Crippen LogP contribution in [0.1, 0.15) is 45.4 Å². The summed E-state index contributed by atoms with van der Waals surface area (Å²) in [6.45, 7) is 2.39. The third kappa shape index (κ3) is 2.32. The number of nitrogens with zero attached hydrogens (tertiary/aromatic N) is 1. The molecule has 4 saturated carbocycles. The SMILES string of the molecule is CC12CC3CC(C1)CC(C(=O)Nc1ccc(Br)cn1)(C3)C2. The van der Waals surface area contributed by atoms with Crippen LogP contribution < -0.4 is 5.32 Å². The lowest BCUT2D eigenvalue weighted by atomic mass is 9.44. The first-order valence-electron chi connectivity index (χ1n) is 7.90. The zero-order valence-electron chi connectivity index (χ0n) is 12.4. The Hall–Kier alpha value is -0.900. The van der Waals surface area contributed by atoms with Gasteiger partial charge >= 0.3 is 0 Å². The largest absolute Gasteiger partial charge is 0.310 e. The molecule has 4 fully saturated rings. The molecular formula is C17H21BrN2O. The van der Waals surface area contributed by atoms with Crippen molar-refractivity contribution in [1.82, 2.24) is 4.98 Å². The molecule has 1 aromatic heterocycles. The van der Waals surface area contributed by atoms with Crippen LogP contribution in [0.25, 0.3) is 0 Å². The quantitative estimate of drug-likeness (QED) is 0.860. The predicted molar refractivity (Wildman–Crippen MR) is 85.8 cm³/mol. The number of hydrogen-bond acceptors (Lipinski definition) is 2. The molecule has 4 heteroatoms. The molecule has 21 heavy (non-hydrogen) atoms. The molecule has 0 radical (unpaired) electrons. The highest BCUT2D eigenvalue weighted by Gasteiger charge is 2.58. The fraction of sp³-hybridized carbons (Fsp3) is 0.647. The van der Waals surface area contributed by atoms with Gasteiger partial charge in [-0.15, -0.1) is 0 Å². The Morgan fingerprint density at radius 3 is 2.57 bits per heavy atom. The second-order valence-electron chi connectivity index (χ2n) is 7.87. The van der Waals surface area contributed by atoms with Gasteiger partial charge in [-0.2, -0.15) is 0 Å². The second kappa shape index (κ2) is 4.55. The summed E-state index contributed by atoms with van der Waals surface area (Å²) in [6.07, 6.45) is 8.97. The summed E-state index contributed by atoms with van der Waals surface area (Å²) >= 11 is 3.37. The summed E-state index contributed by atoms with van der Waals surface area (Å²) < 4.78 is 0.933. The molecule has 4 aliphatic carbocycles. The lowest BCUT2D eigenvalue weighted by Gasteiger charge is -2.60. The Morgan fingerprint density at radius 2 is 2.00 bits per heavy atom. The Labute approximate surface area is 134 Å². The molecule has 1 heterocycles. The van der Waals surface area contributed by atoms with Crippen LogP contribution in [0.5, 0.6) is 0 Å². The van der Waals surface area contributed by atoms with E-state index in [1.165, 1.54) is 19.3 Å². The van der Waals surface area contributed by atoms with Gasteiger partial charge in [0.2, 0.25) is 5.91 Å². The molecule has 1 N–H and O–H groups in total. The molecule has 1 aromatic rings. The number of aromatic nitrogens is 1. The highest BCUT2D eigenvalue weighted by molar-refractivity contribution is 9.10. The van der Waals surface area contributed by atoms with Gasteiger partial charge in [0.1, 0.15) is 5.82 Å². The van der Waals surface area contributed by atoms with Crippen molar-refractivity contribution in [1.29, 1.82) is 0 Å². The Morgan fingerprint density at radius 1 is 1.29 bits per heavy atom. The minimum absolute atomic E-state index is 0.131. The third-order valence-corrected chi connectivity index (χ3v) is 6.27. The third-order valence-electron chi connectivity index (χ3n) is 5.80. The molecule has 1 amide bonds. The number of carbonyl (C=O) groups excluding carboxylic acids is 1. The van der Waals surface area contributed by atoms with Crippen molar-refractivity contribution in [3.05, 3.63) is 22.8 Å². The zero-order chi connectivity index (χ0) is 14.7. The summed E-state index contributed by atoms with van der Waals surface area (Å²) in [5.74, 6) is 2.40. The number of pyridine rings is 1. The number of rotatable bonds is 2. The maximum Gasteiger partial charge on any atom is 0.231 e. The van der Waals surface area contributed by atoms with E-state index in [-0.39, 0.29) is 11.3 Å². The highest BCUT2D eigenvalue weighted by Crippen LogP contribution is 2.65. The maximum absolute atomic E-state index is 12.9. The number of carbonyl (C=O) groups is 1. The van der Waals surface area contributed by atoms with E-state index < -0.39 is 0 Å². The van der Waals surface area contributed by atoms with Crippen LogP contribution in [0.2, 0.25) is 0 Å². The first-order valence-corrected chi connectivity index (χ1v) is 8.69. The molecule has 4 aliphatic rings. The molecule has 4 bridgehead atoms. The van der Waals surface area contributed by atoms with Gasteiger partial charge in [-0.3, -0.25) is 4.79 Å². The molecule has 2 unspecified atom stereocenters. The van der Waals surface area contributed by atoms with Gasteiger partial charge in [-0.25, -0.2) is 4.98 Å². The van der Waals surface area contributed by atoms with E-state index in [2.05, 4.69) is 33.2 Å². The van der Waals surface area contributed by atoms with Crippen LogP contribution in [-0.4, -0.2) is 10.9 Å². The van der Waals surface area contributed by atoms with Crippen LogP contribution in [0.3, 0.4) is 0 Å². The molecule has 5 rings (SSSR count). The first kappa shape index (κ1) is 13.7. The normalized spacial score (nSPS) is 40.3. The Kier molecular flexibility index (Phi) is 2.97. The van der Waals surface area contributed by atoms with Crippen molar-refractivity contribution in [3.8, 4) is 0 Å². The average molecular weight is 349 g/mol. The zero-order valence-corrected chi connectivity index (χ0v) is 13.9. The van der Waals surface area contributed by atoms with E-state index in [9.17, 15) is 4.79 Å². The smallest absolute Gasteiger partial charge is 0.231 e. The molecule has 3 nitrogen and oxygen atoms in total. The topological polar surface area (TPSA) is 42.0 Å². The summed E-state index contributed by atoms with van der Waals surface area (Å²) in [5.41, 5.74) is 0.266. The monoisotopic (exact) mass is 348 g/mol. The van der Waals surface area contributed by atoms with Gasteiger partial charge < -0.3 is 5.32 Å². The van der Waals surface area contributed by atoms with Gasteiger partial charge in [0.25, 0.3) is 0 Å². The van der Waals surface area contributed by atoms with Crippen LogP contribution in [0.15, 0.2) is 22.8 Å². The Balaban J connectivity index is 1.57. The first-order chi connectivity index (χ1) is 9.96. The van der Waals surface area contributed by atoms with Crippen molar-refractivity contribution in [2.75, 3.05) is 5.32 Å². The number of nitrogens with one attached hydrogen (secondary N) is 1. The van der Waals surface area contributed by atoms with Crippen LogP contribution in [0.4, 0.5) is 5.82 Å². The van der Waals surface area contributed by atoms with Gasteiger partial charge in [-0.05, 0) is 83.8 Å². The highest BCUT2D eigenvalue weighted by atomic mass is 79.9. The number of anilines is 1.